The van der Waals surface area contributed by atoms with Gasteiger partial charge in [-0.25, -0.2) is 14.8 Å². The molecule has 0 bridgehead atoms. The van der Waals surface area contributed by atoms with E-state index in [-0.39, 0.29) is 0 Å². The number of fused-ring (bicyclic) bond motifs is 1. The molecule has 7 heteroatoms. The van der Waals surface area contributed by atoms with Gasteiger partial charge in [0, 0.05) is 22.9 Å². The molecule has 1 aliphatic rings. The number of carbonyl (C=O) groups excluding carboxylic acids is 1. The van der Waals surface area contributed by atoms with Crippen LogP contribution in [0.2, 0.25) is 0 Å². The number of hydrogen-bond acceptors (Lipinski definition) is 5. The molecular formula is C21H18N6O. The van der Waals surface area contributed by atoms with Crippen LogP contribution in [-0.2, 0) is 0 Å². The van der Waals surface area contributed by atoms with Crippen molar-refractivity contribution >= 4 is 28.6 Å². The SMILES string of the molecule is NC(=O)n1nc(C2CC2)cc1Nc1nc(-c2ccccc2)nc2ccccc12. The summed E-state index contributed by atoms with van der Waals surface area (Å²) in [5.41, 5.74) is 8.13. The van der Waals surface area contributed by atoms with E-state index in [1.54, 1.807) is 0 Å². The molecule has 0 saturated heterocycles. The van der Waals surface area contributed by atoms with E-state index in [1.807, 2.05) is 60.7 Å². The second-order valence-electron chi connectivity index (χ2n) is 6.88. The fourth-order valence-electron chi connectivity index (χ4n) is 3.24. The molecule has 3 N–H and O–H groups in total. The molecule has 0 unspecified atom stereocenters. The molecule has 4 aromatic rings. The van der Waals surface area contributed by atoms with Crippen molar-refractivity contribution in [3.63, 3.8) is 0 Å². The van der Waals surface area contributed by atoms with E-state index < -0.39 is 6.03 Å². The highest BCUT2D eigenvalue weighted by molar-refractivity contribution is 5.92. The zero-order chi connectivity index (χ0) is 19.1. The van der Waals surface area contributed by atoms with Gasteiger partial charge in [0.15, 0.2) is 5.82 Å². The Bertz CT molecular complexity index is 1180. The summed E-state index contributed by atoms with van der Waals surface area (Å²) in [6.07, 6.45) is 2.17. The van der Waals surface area contributed by atoms with Gasteiger partial charge in [-0.2, -0.15) is 9.78 Å². The van der Waals surface area contributed by atoms with Crippen molar-refractivity contribution in [3.05, 3.63) is 66.4 Å². The summed E-state index contributed by atoms with van der Waals surface area (Å²) in [5.74, 6) is 2.13. The van der Waals surface area contributed by atoms with Crippen LogP contribution in [0.1, 0.15) is 24.5 Å². The smallest absolute Gasteiger partial charge is 0.341 e. The molecule has 1 saturated carbocycles. The number of nitrogens with zero attached hydrogens (tertiary/aromatic N) is 4. The maximum Gasteiger partial charge on any atom is 0.341 e. The van der Waals surface area contributed by atoms with Crippen molar-refractivity contribution in [2.45, 2.75) is 18.8 Å². The van der Waals surface area contributed by atoms with E-state index in [4.69, 9.17) is 10.7 Å². The Balaban J connectivity index is 1.63. The van der Waals surface area contributed by atoms with Crippen molar-refractivity contribution in [2.24, 2.45) is 5.73 Å². The fourth-order valence-corrected chi connectivity index (χ4v) is 3.24. The third-order valence-corrected chi connectivity index (χ3v) is 4.81. The van der Waals surface area contributed by atoms with E-state index in [0.29, 0.717) is 23.4 Å². The molecule has 0 atom stereocenters. The van der Waals surface area contributed by atoms with E-state index in [2.05, 4.69) is 15.4 Å². The minimum atomic E-state index is -0.629. The Hall–Kier alpha value is -3.74. The third kappa shape index (κ3) is 2.96. The van der Waals surface area contributed by atoms with E-state index in [1.165, 1.54) is 4.68 Å². The Morgan fingerprint density at radius 3 is 2.54 bits per heavy atom. The van der Waals surface area contributed by atoms with Gasteiger partial charge in [-0.05, 0) is 25.0 Å². The lowest BCUT2D eigenvalue weighted by Gasteiger charge is -2.11. The maximum absolute atomic E-state index is 11.9. The van der Waals surface area contributed by atoms with Gasteiger partial charge in [0.2, 0.25) is 0 Å². The summed E-state index contributed by atoms with van der Waals surface area (Å²) in [6.45, 7) is 0. The molecule has 5 rings (SSSR count). The van der Waals surface area contributed by atoms with Gasteiger partial charge in [0.1, 0.15) is 11.6 Å². The summed E-state index contributed by atoms with van der Waals surface area (Å²) in [6, 6.07) is 18.8. The molecule has 1 fully saturated rings. The summed E-state index contributed by atoms with van der Waals surface area (Å²) < 4.78 is 1.20. The van der Waals surface area contributed by atoms with Crippen molar-refractivity contribution in [1.82, 2.24) is 19.7 Å². The molecule has 7 nitrogen and oxygen atoms in total. The molecule has 2 heterocycles. The van der Waals surface area contributed by atoms with Gasteiger partial charge >= 0.3 is 6.03 Å². The number of nitrogens with one attached hydrogen (secondary N) is 1. The highest BCUT2D eigenvalue weighted by Crippen LogP contribution is 2.40. The lowest BCUT2D eigenvalue weighted by atomic mass is 10.2. The predicted molar refractivity (Wildman–Crippen MR) is 107 cm³/mol. The standard InChI is InChI=1S/C21H18N6O/c22-21(28)27-18(12-17(26-27)13-10-11-13)24-20-15-8-4-5-9-16(15)23-19(25-20)14-6-2-1-3-7-14/h1-9,12-13H,10-11H2,(H2,22,28)(H,23,24,25). The maximum atomic E-state index is 11.9. The number of carbonyl (C=O) groups is 1. The second kappa shape index (κ2) is 6.45. The van der Waals surface area contributed by atoms with Crippen LogP contribution in [0.4, 0.5) is 16.4 Å². The summed E-state index contributed by atoms with van der Waals surface area (Å²) in [4.78, 5) is 21.3. The number of anilines is 2. The van der Waals surface area contributed by atoms with Crippen LogP contribution in [0, 0.1) is 0 Å². The second-order valence-corrected chi connectivity index (χ2v) is 6.88. The number of benzene rings is 2. The minimum Gasteiger partial charge on any atom is -0.350 e. The predicted octanol–water partition coefficient (Wildman–Crippen LogP) is 4.04. The van der Waals surface area contributed by atoms with Crippen molar-refractivity contribution < 1.29 is 4.79 Å². The first-order chi connectivity index (χ1) is 13.7. The van der Waals surface area contributed by atoms with Gasteiger partial charge in [-0.1, -0.05) is 42.5 Å². The number of hydrogen-bond donors (Lipinski definition) is 2. The molecule has 0 spiro atoms. The summed E-state index contributed by atoms with van der Waals surface area (Å²) in [5, 5.41) is 8.48. The van der Waals surface area contributed by atoms with Crippen molar-refractivity contribution in [2.75, 3.05) is 5.32 Å². The zero-order valence-electron chi connectivity index (χ0n) is 15.0. The summed E-state index contributed by atoms with van der Waals surface area (Å²) in [7, 11) is 0. The topological polar surface area (TPSA) is 98.7 Å². The van der Waals surface area contributed by atoms with Crippen LogP contribution in [0.15, 0.2) is 60.7 Å². The number of amides is 1. The van der Waals surface area contributed by atoms with E-state index >= 15 is 0 Å². The van der Waals surface area contributed by atoms with Crippen LogP contribution in [-0.4, -0.2) is 25.8 Å². The van der Waals surface area contributed by atoms with Crippen LogP contribution in [0.5, 0.6) is 0 Å². The Labute approximate surface area is 161 Å². The van der Waals surface area contributed by atoms with Crippen LogP contribution >= 0.6 is 0 Å². The lowest BCUT2D eigenvalue weighted by molar-refractivity contribution is 0.248. The van der Waals surface area contributed by atoms with Crippen LogP contribution in [0.3, 0.4) is 0 Å². The van der Waals surface area contributed by atoms with Crippen molar-refractivity contribution in [3.8, 4) is 11.4 Å². The lowest BCUT2D eigenvalue weighted by Crippen LogP contribution is -2.22. The average molecular weight is 370 g/mol. The molecule has 1 amide bonds. The molecule has 138 valence electrons. The molecular weight excluding hydrogens is 352 g/mol. The van der Waals surface area contributed by atoms with Crippen LogP contribution in [0.25, 0.3) is 22.3 Å². The van der Waals surface area contributed by atoms with E-state index in [0.717, 1.165) is 35.0 Å². The molecule has 1 aliphatic carbocycles. The normalized spacial score (nSPS) is 13.6. The number of primary amides is 1. The van der Waals surface area contributed by atoms with Gasteiger partial charge in [-0.15, -0.1) is 0 Å². The Morgan fingerprint density at radius 2 is 1.79 bits per heavy atom. The number of para-hydroxylation sites is 1. The van der Waals surface area contributed by atoms with Gasteiger partial charge < -0.3 is 11.1 Å². The highest BCUT2D eigenvalue weighted by atomic mass is 16.2. The minimum absolute atomic E-state index is 0.406. The molecule has 2 aromatic carbocycles. The Morgan fingerprint density at radius 1 is 1.04 bits per heavy atom. The van der Waals surface area contributed by atoms with Crippen LogP contribution < -0.4 is 11.1 Å². The number of rotatable bonds is 4. The highest BCUT2D eigenvalue weighted by Gasteiger charge is 2.28. The molecule has 2 aromatic heterocycles. The largest absolute Gasteiger partial charge is 0.350 e. The van der Waals surface area contributed by atoms with Crippen molar-refractivity contribution in [1.29, 1.82) is 0 Å². The first-order valence-corrected chi connectivity index (χ1v) is 9.18. The Kier molecular flexibility index (Phi) is 3.79. The summed E-state index contributed by atoms with van der Waals surface area (Å²) >= 11 is 0. The third-order valence-electron chi connectivity index (χ3n) is 4.81. The van der Waals surface area contributed by atoms with E-state index in [9.17, 15) is 4.79 Å². The fraction of sp³-hybridized carbons (Fsp3) is 0.143. The monoisotopic (exact) mass is 370 g/mol. The average Bonchev–Trinajstić information content (AvgIpc) is 3.49. The number of aromatic nitrogens is 4. The van der Waals surface area contributed by atoms with Gasteiger partial charge in [0.25, 0.3) is 0 Å². The first kappa shape index (κ1) is 16.4. The number of nitrogens with two attached hydrogens (primary N) is 1. The molecule has 0 aliphatic heterocycles. The first-order valence-electron chi connectivity index (χ1n) is 9.18. The van der Waals surface area contributed by atoms with Gasteiger partial charge in [-0.3, -0.25) is 0 Å². The molecule has 28 heavy (non-hydrogen) atoms. The molecule has 0 radical (unpaired) electrons. The zero-order valence-corrected chi connectivity index (χ0v) is 15.0. The van der Waals surface area contributed by atoms with Gasteiger partial charge in [0.05, 0.1) is 11.2 Å². The quantitative estimate of drug-likeness (QED) is 0.565.